The van der Waals surface area contributed by atoms with Gasteiger partial charge >= 0.3 is 0 Å². The average molecular weight is 281 g/mol. The largest absolute Gasteiger partial charge is 0.364 e. The van der Waals surface area contributed by atoms with Crippen molar-refractivity contribution in [3.63, 3.8) is 0 Å². The zero-order valence-corrected chi connectivity index (χ0v) is 11.8. The fourth-order valence-electron chi connectivity index (χ4n) is 3.67. The number of rotatable bonds is 1. The Kier molecular flexibility index (Phi) is 3.78. The summed E-state index contributed by atoms with van der Waals surface area (Å²) in [4.78, 5) is 0. The predicted octanol–water partition coefficient (Wildman–Crippen LogP) is 3.57. The van der Waals surface area contributed by atoms with E-state index in [1.54, 1.807) is 0 Å². The van der Waals surface area contributed by atoms with Crippen LogP contribution in [0, 0.1) is 17.6 Å². The van der Waals surface area contributed by atoms with Gasteiger partial charge in [-0.1, -0.05) is 25.8 Å². The lowest BCUT2D eigenvalue weighted by Crippen LogP contribution is -2.53. The first kappa shape index (κ1) is 14.0. The van der Waals surface area contributed by atoms with Gasteiger partial charge in [0.15, 0.2) is 0 Å². The number of ether oxygens (including phenoxy) is 1. The van der Waals surface area contributed by atoms with Gasteiger partial charge in [0.1, 0.15) is 17.7 Å². The molecular weight excluding hydrogens is 260 g/mol. The SMILES string of the molecule is CC1CCCC2(CNCC(c3c(F)cccc3F)O2)C1. The monoisotopic (exact) mass is 281 g/mol. The summed E-state index contributed by atoms with van der Waals surface area (Å²) in [6.45, 7) is 3.47. The van der Waals surface area contributed by atoms with Crippen LogP contribution in [0.4, 0.5) is 8.78 Å². The van der Waals surface area contributed by atoms with Crippen LogP contribution in [0.3, 0.4) is 0 Å². The fraction of sp³-hybridized carbons (Fsp3) is 0.625. The summed E-state index contributed by atoms with van der Waals surface area (Å²) in [6.07, 6.45) is 3.73. The minimum absolute atomic E-state index is 0.0669. The number of halogens is 2. The minimum Gasteiger partial charge on any atom is -0.364 e. The smallest absolute Gasteiger partial charge is 0.132 e. The Morgan fingerprint density at radius 3 is 2.75 bits per heavy atom. The normalized spacial score (nSPS) is 34.4. The summed E-state index contributed by atoms with van der Waals surface area (Å²) < 4.78 is 34.0. The van der Waals surface area contributed by atoms with Gasteiger partial charge in [-0.3, -0.25) is 0 Å². The molecule has 2 aliphatic rings. The summed E-state index contributed by atoms with van der Waals surface area (Å²) in [5.41, 5.74) is -0.188. The molecule has 1 aromatic carbocycles. The van der Waals surface area contributed by atoms with Crippen LogP contribution in [-0.4, -0.2) is 18.7 Å². The topological polar surface area (TPSA) is 21.3 Å². The Morgan fingerprint density at radius 1 is 1.30 bits per heavy atom. The molecule has 1 heterocycles. The van der Waals surface area contributed by atoms with Crippen LogP contribution < -0.4 is 5.32 Å². The van der Waals surface area contributed by atoms with Gasteiger partial charge < -0.3 is 10.1 Å². The van der Waals surface area contributed by atoms with E-state index in [-0.39, 0.29) is 11.2 Å². The summed E-state index contributed by atoms with van der Waals surface area (Å²) in [5, 5.41) is 3.31. The lowest BCUT2D eigenvalue weighted by Gasteiger charge is -2.46. The highest BCUT2D eigenvalue weighted by Crippen LogP contribution is 2.40. The van der Waals surface area contributed by atoms with Crippen LogP contribution >= 0.6 is 0 Å². The first-order valence-electron chi connectivity index (χ1n) is 7.42. The minimum atomic E-state index is -0.532. The Bertz CT molecular complexity index is 469. The molecule has 0 radical (unpaired) electrons. The molecule has 3 rings (SSSR count). The quantitative estimate of drug-likeness (QED) is 0.849. The molecule has 110 valence electrons. The third-order valence-electron chi connectivity index (χ3n) is 4.54. The van der Waals surface area contributed by atoms with E-state index in [0.717, 1.165) is 25.8 Å². The molecule has 3 atom stereocenters. The van der Waals surface area contributed by atoms with Crippen molar-refractivity contribution in [1.82, 2.24) is 5.32 Å². The van der Waals surface area contributed by atoms with E-state index in [2.05, 4.69) is 12.2 Å². The predicted molar refractivity (Wildman–Crippen MR) is 73.4 cm³/mol. The van der Waals surface area contributed by atoms with Crippen molar-refractivity contribution in [3.8, 4) is 0 Å². The second-order valence-corrected chi connectivity index (χ2v) is 6.26. The maximum atomic E-state index is 13.9. The van der Waals surface area contributed by atoms with Crippen LogP contribution in [-0.2, 0) is 4.74 Å². The van der Waals surface area contributed by atoms with E-state index in [1.165, 1.54) is 24.6 Å². The first-order valence-corrected chi connectivity index (χ1v) is 7.42. The van der Waals surface area contributed by atoms with Gasteiger partial charge in [0.05, 0.1) is 11.2 Å². The molecule has 3 unspecified atom stereocenters. The average Bonchev–Trinajstić information content (AvgIpc) is 2.38. The Labute approximate surface area is 118 Å². The number of hydrogen-bond donors (Lipinski definition) is 1. The van der Waals surface area contributed by atoms with Crippen LogP contribution in [0.25, 0.3) is 0 Å². The third kappa shape index (κ3) is 2.59. The summed E-state index contributed by atoms with van der Waals surface area (Å²) in [7, 11) is 0. The fourth-order valence-corrected chi connectivity index (χ4v) is 3.67. The Balaban J connectivity index is 1.85. The van der Waals surface area contributed by atoms with Crippen molar-refractivity contribution in [3.05, 3.63) is 35.4 Å². The van der Waals surface area contributed by atoms with Crippen LogP contribution in [0.1, 0.15) is 44.3 Å². The Hall–Kier alpha value is -1.00. The van der Waals surface area contributed by atoms with Gasteiger partial charge in [-0.15, -0.1) is 0 Å². The maximum Gasteiger partial charge on any atom is 0.132 e. The first-order chi connectivity index (χ1) is 9.60. The van der Waals surface area contributed by atoms with Crippen molar-refractivity contribution in [1.29, 1.82) is 0 Å². The van der Waals surface area contributed by atoms with Gasteiger partial charge in [0.25, 0.3) is 0 Å². The second-order valence-electron chi connectivity index (χ2n) is 6.26. The molecule has 20 heavy (non-hydrogen) atoms. The lowest BCUT2D eigenvalue weighted by molar-refractivity contribution is -0.145. The Morgan fingerprint density at radius 2 is 2.05 bits per heavy atom. The van der Waals surface area contributed by atoms with Crippen LogP contribution in [0.15, 0.2) is 18.2 Å². The van der Waals surface area contributed by atoms with Crippen molar-refractivity contribution in [2.45, 2.75) is 44.3 Å². The van der Waals surface area contributed by atoms with E-state index >= 15 is 0 Å². The molecule has 1 spiro atoms. The molecule has 2 nitrogen and oxygen atoms in total. The summed E-state index contributed by atoms with van der Waals surface area (Å²) in [6, 6.07) is 3.99. The van der Waals surface area contributed by atoms with Gasteiger partial charge in [-0.25, -0.2) is 8.78 Å². The van der Waals surface area contributed by atoms with Gasteiger partial charge in [0.2, 0.25) is 0 Å². The van der Waals surface area contributed by atoms with Crippen molar-refractivity contribution in [2.75, 3.05) is 13.1 Å². The standard InChI is InChI=1S/C16H21F2NO/c1-11-4-3-7-16(8-11)10-19-9-14(20-16)15-12(17)5-2-6-13(15)18/h2,5-6,11,14,19H,3-4,7-10H2,1H3. The lowest BCUT2D eigenvalue weighted by atomic mass is 9.77. The van der Waals surface area contributed by atoms with E-state index in [1.807, 2.05) is 0 Å². The van der Waals surface area contributed by atoms with Crippen LogP contribution in [0.5, 0.6) is 0 Å². The van der Waals surface area contributed by atoms with Crippen molar-refractivity contribution in [2.24, 2.45) is 5.92 Å². The highest BCUT2D eigenvalue weighted by molar-refractivity contribution is 5.23. The highest BCUT2D eigenvalue weighted by atomic mass is 19.1. The number of nitrogens with one attached hydrogen (secondary N) is 1. The van der Waals surface area contributed by atoms with E-state index in [4.69, 9.17) is 4.74 Å². The number of benzene rings is 1. The molecule has 1 saturated carbocycles. The van der Waals surface area contributed by atoms with E-state index in [9.17, 15) is 8.78 Å². The maximum absolute atomic E-state index is 13.9. The molecular formula is C16H21F2NO. The number of morpholine rings is 1. The molecule has 0 aromatic heterocycles. The van der Waals surface area contributed by atoms with E-state index in [0.29, 0.717) is 12.5 Å². The highest BCUT2D eigenvalue weighted by Gasteiger charge is 2.41. The van der Waals surface area contributed by atoms with Crippen molar-refractivity contribution >= 4 is 0 Å². The molecule has 1 aromatic rings. The molecule has 0 amide bonds. The zero-order chi connectivity index (χ0) is 14.2. The van der Waals surface area contributed by atoms with Gasteiger partial charge in [0, 0.05) is 13.1 Å². The molecule has 1 saturated heterocycles. The van der Waals surface area contributed by atoms with E-state index < -0.39 is 17.7 Å². The summed E-state index contributed by atoms with van der Waals surface area (Å²) in [5.74, 6) is -0.426. The van der Waals surface area contributed by atoms with Crippen molar-refractivity contribution < 1.29 is 13.5 Å². The molecule has 4 heteroatoms. The molecule has 2 fully saturated rings. The zero-order valence-electron chi connectivity index (χ0n) is 11.8. The number of hydrogen-bond acceptors (Lipinski definition) is 2. The third-order valence-corrected chi connectivity index (χ3v) is 4.54. The second kappa shape index (κ2) is 5.41. The summed E-state index contributed by atoms with van der Waals surface area (Å²) >= 11 is 0. The molecule has 1 N–H and O–H groups in total. The molecule has 1 aliphatic heterocycles. The van der Waals surface area contributed by atoms with Gasteiger partial charge in [-0.2, -0.15) is 0 Å². The van der Waals surface area contributed by atoms with Gasteiger partial charge in [-0.05, 0) is 30.9 Å². The molecule has 0 bridgehead atoms. The molecule has 1 aliphatic carbocycles. The van der Waals surface area contributed by atoms with Crippen LogP contribution in [0.2, 0.25) is 0 Å².